The van der Waals surface area contributed by atoms with Gasteiger partial charge in [-0.25, -0.2) is 9.48 Å². The van der Waals surface area contributed by atoms with E-state index < -0.39 is 5.97 Å². The second kappa shape index (κ2) is 5.05. The maximum atomic E-state index is 11.3. The zero-order chi connectivity index (χ0) is 15.1. The fourth-order valence-electron chi connectivity index (χ4n) is 2.35. The molecule has 2 rings (SSSR count). The maximum Gasteiger partial charge on any atom is 0.356 e. The number of hydrogen-bond acceptors (Lipinski definition) is 2. The van der Waals surface area contributed by atoms with Gasteiger partial charge in [-0.3, -0.25) is 0 Å². The quantitative estimate of drug-likeness (QED) is 0.903. The zero-order valence-electron chi connectivity index (χ0n) is 11.9. The molecule has 0 saturated heterocycles. The molecule has 1 aromatic carbocycles. The van der Waals surface area contributed by atoms with Crippen molar-refractivity contribution in [3.63, 3.8) is 0 Å². The lowest BCUT2D eigenvalue weighted by Crippen LogP contribution is -2.18. The molecule has 2 aromatic rings. The lowest BCUT2D eigenvalue weighted by atomic mass is 9.88. The molecule has 0 amide bonds. The molecule has 0 aliphatic carbocycles. The van der Waals surface area contributed by atoms with E-state index in [0.717, 1.165) is 15.9 Å². The highest BCUT2D eigenvalue weighted by Gasteiger charge is 2.28. The van der Waals surface area contributed by atoms with E-state index >= 15 is 0 Å². The van der Waals surface area contributed by atoms with E-state index in [4.69, 9.17) is 0 Å². The molecular formula is C15H17BrN2O2. The van der Waals surface area contributed by atoms with Crippen molar-refractivity contribution >= 4 is 21.9 Å². The fourth-order valence-corrected chi connectivity index (χ4v) is 2.61. The van der Waals surface area contributed by atoms with Gasteiger partial charge in [0.1, 0.15) is 0 Å². The molecule has 20 heavy (non-hydrogen) atoms. The molecule has 0 atom stereocenters. The summed E-state index contributed by atoms with van der Waals surface area (Å²) >= 11 is 3.40. The van der Waals surface area contributed by atoms with Crippen LogP contribution in [0.2, 0.25) is 0 Å². The van der Waals surface area contributed by atoms with Crippen LogP contribution in [0.4, 0.5) is 0 Å². The minimum absolute atomic E-state index is 0.109. The molecule has 5 heteroatoms. The van der Waals surface area contributed by atoms with E-state index in [-0.39, 0.29) is 11.1 Å². The first-order valence-corrected chi connectivity index (χ1v) is 7.10. The monoisotopic (exact) mass is 336 g/mol. The van der Waals surface area contributed by atoms with Gasteiger partial charge in [0, 0.05) is 15.5 Å². The van der Waals surface area contributed by atoms with Crippen LogP contribution in [0.25, 0.3) is 5.69 Å². The first-order chi connectivity index (χ1) is 9.21. The summed E-state index contributed by atoms with van der Waals surface area (Å²) < 4.78 is 2.70. The molecule has 106 valence electrons. The summed E-state index contributed by atoms with van der Waals surface area (Å²) in [6, 6.07) is 7.66. The molecule has 1 heterocycles. The summed E-state index contributed by atoms with van der Waals surface area (Å²) in [7, 11) is 0. The average molecular weight is 337 g/mol. The predicted octanol–water partition coefficient (Wildman–Crippen LogP) is 3.94. The van der Waals surface area contributed by atoms with Crippen LogP contribution in [0.1, 0.15) is 42.5 Å². The smallest absolute Gasteiger partial charge is 0.356 e. The second-order valence-corrected chi connectivity index (χ2v) is 6.68. The Balaban J connectivity index is 2.72. The number of nitrogens with zero attached hydrogens (tertiary/aromatic N) is 2. The van der Waals surface area contributed by atoms with E-state index in [9.17, 15) is 9.90 Å². The third-order valence-corrected chi connectivity index (χ3v) is 3.64. The topological polar surface area (TPSA) is 55.1 Å². The normalized spacial score (nSPS) is 11.7. The number of carbonyl (C=O) groups is 1. The first-order valence-electron chi connectivity index (χ1n) is 6.31. The van der Waals surface area contributed by atoms with Crippen molar-refractivity contribution in [2.45, 2.75) is 33.1 Å². The minimum Gasteiger partial charge on any atom is -0.476 e. The molecule has 0 unspecified atom stereocenters. The van der Waals surface area contributed by atoms with Crippen LogP contribution in [0.15, 0.2) is 28.7 Å². The van der Waals surface area contributed by atoms with E-state index in [0.29, 0.717) is 5.56 Å². The van der Waals surface area contributed by atoms with Crippen molar-refractivity contribution < 1.29 is 9.90 Å². The zero-order valence-corrected chi connectivity index (χ0v) is 13.5. The van der Waals surface area contributed by atoms with E-state index in [1.165, 1.54) is 0 Å². The van der Waals surface area contributed by atoms with Gasteiger partial charge in [-0.2, -0.15) is 5.10 Å². The Morgan fingerprint density at radius 2 is 1.80 bits per heavy atom. The lowest BCUT2D eigenvalue weighted by Gasteiger charge is -2.21. The van der Waals surface area contributed by atoms with Crippen LogP contribution in [0.3, 0.4) is 0 Å². The van der Waals surface area contributed by atoms with Crippen LogP contribution in [0, 0.1) is 6.92 Å². The Hall–Kier alpha value is -1.62. The lowest BCUT2D eigenvalue weighted by molar-refractivity contribution is 0.0689. The predicted molar refractivity (Wildman–Crippen MR) is 81.7 cm³/mol. The molecule has 0 aliphatic rings. The summed E-state index contributed by atoms with van der Waals surface area (Å²) in [5, 5.41) is 13.6. The Bertz CT molecular complexity index is 652. The van der Waals surface area contributed by atoms with Gasteiger partial charge in [0.05, 0.1) is 11.4 Å². The number of carboxylic acid groups (broad SMARTS) is 1. The number of rotatable bonds is 2. The molecule has 0 aliphatic heterocycles. The largest absolute Gasteiger partial charge is 0.476 e. The molecule has 4 nitrogen and oxygen atoms in total. The number of carboxylic acids is 1. The van der Waals surface area contributed by atoms with Crippen LogP contribution in [0.5, 0.6) is 0 Å². The van der Waals surface area contributed by atoms with Gasteiger partial charge in [-0.1, -0.05) is 36.7 Å². The van der Waals surface area contributed by atoms with Gasteiger partial charge in [0.2, 0.25) is 0 Å². The third-order valence-electron chi connectivity index (χ3n) is 3.11. The van der Waals surface area contributed by atoms with E-state index in [1.807, 2.05) is 31.2 Å². The highest BCUT2D eigenvalue weighted by Crippen LogP contribution is 2.30. The fraction of sp³-hybridized carbons (Fsp3) is 0.333. The molecule has 0 radical (unpaired) electrons. The molecular weight excluding hydrogens is 320 g/mol. The van der Waals surface area contributed by atoms with Crippen LogP contribution in [-0.4, -0.2) is 20.9 Å². The number of benzene rings is 1. The first kappa shape index (κ1) is 14.8. The Morgan fingerprint density at radius 3 is 2.25 bits per heavy atom. The maximum absolute atomic E-state index is 11.3. The SMILES string of the molecule is Cc1c(C(=O)O)nn(-c2ccc(Br)cc2)c1C(C)(C)C. The molecule has 0 fully saturated rings. The highest BCUT2D eigenvalue weighted by molar-refractivity contribution is 9.10. The van der Waals surface area contributed by atoms with Crippen molar-refractivity contribution in [3.05, 3.63) is 45.7 Å². The van der Waals surface area contributed by atoms with Crippen LogP contribution in [-0.2, 0) is 5.41 Å². The van der Waals surface area contributed by atoms with Crippen molar-refractivity contribution in [3.8, 4) is 5.69 Å². The Kier molecular flexibility index (Phi) is 3.73. The van der Waals surface area contributed by atoms with Crippen molar-refractivity contribution in [1.29, 1.82) is 0 Å². The highest BCUT2D eigenvalue weighted by atomic mass is 79.9. The van der Waals surface area contributed by atoms with Gasteiger partial charge < -0.3 is 5.11 Å². The van der Waals surface area contributed by atoms with Gasteiger partial charge in [-0.05, 0) is 31.2 Å². The third kappa shape index (κ3) is 2.63. The van der Waals surface area contributed by atoms with Crippen LogP contribution >= 0.6 is 15.9 Å². The number of aromatic nitrogens is 2. The molecule has 1 N–H and O–H groups in total. The summed E-state index contributed by atoms with van der Waals surface area (Å²) in [6.45, 7) is 7.97. The molecule has 0 bridgehead atoms. The molecule has 1 aromatic heterocycles. The summed E-state index contributed by atoms with van der Waals surface area (Å²) in [4.78, 5) is 11.3. The summed E-state index contributed by atoms with van der Waals surface area (Å²) in [5.74, 6) is -0.996. The summed E-state index contributed by atoms with van der Waals surface area (Å²) in [6.07, 6.45) is 0. The Morgan fingerprint density at radius 1 is 1.25 bits per heavy atom. The average Bonchev–Trinajstić information content (AvgIpc) is 2.67. The van der Waals surface area contributed by atoms with Gasteiger partial charge in [0.15, 0.2) is 5.69 Å². The van der Waals surface area contributed by atoms with Crippen LogP contribution < -0.4 is 0 Å². The standard InChI is InChI=1S/C15H17BrN2O2/c1-9-12(14(19)20)17-18(13(9)15(2,3)4)11-7-5-10(16)6-8-11/h5-8H,1-4H3,(H,19,20). The number of hydrogen-bond donors (Lipinski definition) is 1. The van der Waals surface area contributed by atoms with Gasteiger partial charge in [-0.15, -0.1) is 0 Å². The van der Waals surface area contributed by atoms with Crippen molar-refractivity contribution in [1.82, 2.24) is 9.78 Å². The van der Waals surface area contributed by atoms with Crippen molar-refractivity contribution in [2.75, 3.05) is 0 Å². The second-order valence-electron chi connectivity index (χ2n) is 5.77. The summed E-state index contributed by atoms with van der Waals surface area (Å²) in [5.41, 5.74) is 2.40. The Labute approximate surface area is 126 Å². The van der Waals surface area contributed by atoms with Gasteiger partial charge >= 0.3 is 5.97 Å². The number of aromatic carboxylic acids is 1. The molecule has 0 spiro atoms. The van der Waals surface area contributed by atoms with Crippen molar-refractivity contribution in [2.24, 2.45) is 0 Å². The van der Waals surface area contributed by atoms with Gasteiger partial charge in [0.25, 0.3) is 0 Å². The minimum atomic E-state index is -0.996. The molecule has 0 saturated carbocycles. The van der Waals surface area contributed by atoms with E-state index in [2.05, 4.69) is 41.8 Å². The number of halogens is 1. The van der Waals surface area contributed by atoms with E-state index in [1.54, 1.807) is 4.68 Å².